The molecule has 2 aliphatic heterocycles. The summed E-state index contributed by atoms with van der Waals surface area (Å²) in [4.78, 5) is 19.4. The molecule has 1 saturated heterocycles. The third-order valence-corrected chi connectivity index (χ3v) is 5.61. The molecule has 0 radical (unpaired) electrons. The zero-order valence-electron chi connectivity index (χ0n) is 16.4. The number of hydrogen-bond acceptors (Lipinski definition) is 5. The van der Waals surface area contributed by atoms with Crippen molar-refractivity contribution in [3.05, 3.63) is 70.8 Å². The lowest BCUT2D eigenvalue weighted by Crippen LogP contribution is -2.49. The van der Waals surface area contributed by atoms with Crippen molar-refractivity contribution in [1.82, 2.24) is 4.90 Å². The largest absolute Gasteiger partial charge is 0.469 e. The summed E-state index contributed by atoms with van der Waals surface area (Å²) in [6, 6.07) is 17.1. The monoisotopic (exact) mass is 378 g/mol. The van der Waals surface area contributed by atoms with E-state index in [-0.39, 0.29) is 18.0 Å². The van der Waals surface area contributed by atoms with Crippen LogP contribution < -0.4 is 0 Å². The van der Waals surface area contributed by atoms with Crippen molar-refractivity contribution in [2.45, 2.75) is 32.4 Å². The quantitative estimate of drug-likeness (QED) is 0.719. The maximum absolute atomic E-state index is 11.5. The Morgan fingerprint density at radius 3 is 2.43 bits per heavy atom. The fraction of sp³-hybridized carbons (Fsp3) is 0.391. The molecular formula is C23H26N2O3. The molecule has 1 fully saturated rings. The number of nitrogens with zero attached hydrogens (tertiary/aromatic N) is 2. The molecule has 0 N–H and O–H groups in total. The van der Waals surface area contributed by atoms with Crippen LogP contribution in [0.15, 0.2) is 53.7 Å². The van der Waals surface area contributed by atoms with E-state index in [4.69, 9.17) is 9.57 Å². The van der Waals surface area contributed by atoms with E-state index in [1.807, 2.05) is 0 Å². The summed E-state index contributed by atoms with van der Waals surface area (Å²) in [5, 5.41) is 4.32. The molecule has 1 unspecified atom stereocenters. The van der Waals surface area contributed by atoms with Gasteiger partial charge in [0.25, 0.3) is 0 Å². The lowest BCUT2D eigenvalue weighted by molar-refractivity contribution is -0.151. The lowest BCUT2D eigenvalue weighted by atomic mass is 9.97. The minimum absolute atomic E-state index is 0.00285. The second-order valence-electron chi connectivity index (χ2n) is 7.54. The Labute approximate surface area is 165 Å². The first-order valence-electron chi connectivity index (χ1n) is 9.87. The van der Waals surface area contributed by atoms with E-state index in [0.29, 0.717) is 0 Å². The van der Waals surface area contributed by atoms with Crippen molar-refractivity contribution in [3.8, 4) is 0 Å². The summed E-state index contributed by atoms with van der Waals surface area (Å²) < 4.78 is 4.79. The number of ether oxygens (including phenoxy) is 1. The number of aryl methyl sites for hydroxylation is 1. The zero-order valence-corrected chi connectivity index (χ0v) is 16.4. The molecule has 2 aromatic rings. The van der Waals surface area contributed by atoms with Crippen molar-refractivity contribution in [1.29, 1.82) is 0 Å². The summed E-state index contributed by atoms with van der Waals surface area (Å²) in [5.41, 5.74) is 5.83. The van der Waals surface area contributed by atoms with Gasteiger partial charge in [-0.15, -0.1) is 0 Å². The van der Waals surface area contributed by atoms with Crippen LogP contribution in [0.3, 0.4) is 0 Å². The van der Waals surface area contributed by atoms with Crippen LogP contribution in [-0.4, -0.2) is 36.8 Å². The van der Waals surface area contributed by atoms with Crippen molar-refractivity contribution in [2.75, 3.05) is 20.2 Å². The summed E-state index contributed by atoms with van der Waals surface area (Å²) >= 11 is 0. The van der Waals surface area contributed by atoms with Crippen molar-refractivity contribution < 1.29 is 14.4 Å². The van der Waals surface area contributed by atoms with Gasteiger partial charge in [0.15, 0.2) is 6.10 Å². The average molecular weight is 378 g/mol. The SMILES string of the molecule is CCc1ccc(C2CC(c3ccc(CN4CC(C(=O)OC)C4)cc3)=NO2)cc1. The third-order valence-electron chi connectivity index (χ3n) is 5.61. The number of esters is 1. The van der Waals surface area contributed by atoms with Crippen molar-refractivity contribution in [3.63, 3.8) is 0 Å². The van der Waals surface area contributed by atoms with Crippen LogP contribution in [0, 0.1) is 5.92 Å². The Morgan fingerprint density at radius 1 is 1.11 bits per heavy atom. The van der Waals surface area contributed by atoms with E-state index in [2.05, 4.69) is 65.5 Å². The number of carbonyl (C=O) groups excluding carboxylic acids is 1. The van der Waals surface area contributed by atoms with Crippen molar-refractivity contribution in [2.24, 2.45) is 11.1 Å². The normalized spacial score (nSPS) is 19.6. The Bertz CT molecular complexity index is 852. The topological polar surface area (TPSA) is 51.1 Å². The molecular weight excluding hydrogens is 352 g/mol. The van der Waals surface area contributed by atoms with E-state index >= 15 is 0 Å². The second-order valence-corrected chi connectivity index (χ2v) is 7.54. The van der Waals surface area contributed by atoms with Crippen molar-refractivity contribution >= 4 is 11.7 Å². The fourth-order valence-electron chi connectivity index (χ4n) is 3.77. The molecule has 0 saturated carbocycles. The molecule has 5 nitrogen and oxygen atoms in total. The molecule has 28 heavy (non-hydrogen) atoms. The predicted molar refractivity (Wildman–Crippen MR) is 108 cm³/mol. The molecule has 4 rings (SSSR count). The van der Waals surface area contributed by atoms with Gasteiger partial charge in [0, 0.05) is 26.1 Å². The van der Waals surface area contributed by atoms with Crippen LogP contribution in [0.25, 0.3) is 0 Å². The highest BCUT2D eigenvalue weighted by Gasteiger charge is 2.33. The maximum Gasteiger partial charge on any atom is 0.311 e. The minimum Gasteiger partial charge on any atom is -0.469 e. The number of hydrogen-bond donors (Lipinski definition) is 0. The first-order valence-corrected chi connectivity index (χ1v) is 9.87. The van der Waals surface area contributed by atoms with Crippen LogP contribution in [-0.2, 0) is 27.3 Å². The van der Waals surface area contributed by atoms with Crippen LogP contribution in [0.2, 0.25) is 0 Å². The van der Waals surface area contributed by atoms with E-state index in [0.717, 1.165) is 43.8 Å². The zero-order chi connectivity index (χ0) is 19.5. The van der Waals surface area contributed by atoms with E-state index in [9.17, 15) is 4.79 Å². The van der Waals surface area contributed by atoms with E-state index in [1.54, 1.807) is 0 Å². The highest BCUT2D eigenvalue weighted by atomic mass is 16.6. The van der Waals surface area contributed by atoms with Crippen LogP contribution >= 0.6 is 0 Å². The van der Waals surface area contributed by atoms with Gasteiger partial charge in [0.2, 0.25) is 0 Å². The Balaban J connectivity index is 1.31. The molecule has 5 heteroatoms. The first-order chi connectivity index (χ1) is 13.7. The summed E-state index contributed by atoms with van der Waals surface area (Å²) in [7, 11) is 1.45. The molecule has 2 heterocycles. The van der Waals surface area contributed by atoms with E-state index in [1.165, 1.54) is 23.8 Å². The van der Waals surface area contributed by atoms with Gasteiger partial charge in [0.05, 0.1) is 18.7 Å². The number of rotatable bonds is 6. The molecule has 0 aliphatic carbocycles. The van der Waals surface area contributed by atoms with Gasteiger partial charge in [-0.2, -0.15) is 0 Å². The summed E-state index contributed by atoms with van der Waals surface area (Å²) in [5.74, 6) is -0.0812. The highest BCUT2D eigenvalue weighted by molar-refractivity contribution is 6.01. The van der Waals surface area contributed by atoms with E-state index < -0.39 is 0 Å². The summed E-state index contributed by atoms with van der Waals surface area (Å²) in [6.07, 6.45) is 1.83. The Morgan fingerprint density at radius 2 is 1.79 bits per heavy atom. The van der Waals surface area contributed by atoms with Crippen LogP contribution in [0.4, 0.5) is 0 Å². The van der Waals surface area contributed by atoms with Crippen LogP contribution in [0.5, 0.6) is 0 Å². The van der Waals surface area contributed by atoms with Gasteiger partial charge >= 0.3 is 5.97 Å². The molecule has 0 bridgehead atoms. The minimum atomic E-state index is -0.107. The molecule has 2 aliphatic rings. The Hall–Kier alpha value is -2.66. The molecule has 0 amide bonds. The second kappa shape index (κ2) is 8.15. The van der Waals surface area contributed by atoms with Gasteiger partial charge < -0.3 is 9.57 Å². The number of benzene rings is 2. The van der Waals surface area contributed by atoms with Gasteiger partial charge in [-0.25, -0.2) is 0 Å². The summed E-state index contributed by atoms with van der Waals surface area (Å²) in [6.45, 7) is 4.55. The number of methoxy groups -OCH3 is 1. The molecule has 146 valence electrons. The number of oxime groups is 1. The first kappa shape index (κ1) is 18.7. The number of likely N-dealkylation sites (tertiary alicyclic amines) is 1. The van der Waals surface area contributed by atoms with Gasteiger partial charge in [-0.3, -0.25) is 9.69 Å². The standard InChI is InChI=1S/C23H26N2O3/c1-3-16-4-10-19(11-5-16)22-12-21(24-28-22)18-8-6-17(7-9-18)13-25-14-20(15-25)23(26)27-2/h4-11,20,22H,3,12-15H2,1-2H3. The van der Waals surface area contributed by atoms with Gasteiger partial charge in [0.1, 0.15) is 0 Å². The predicted octanol–water partition coefficient (Wildman–Crippen LogP) is 3.72. The molecule has 2 aromatic carbocycles. The fourth-order valence-corrected chi connectivity index (χ4v) is 3.77. The van der Waals surface area contributed by atoms with Crippen LogP contribution in [0.1, 0.15) is 41.7 Å². The maximum atomic E-state index is 11.5. The number of carbonyl (C=O) groups is 1. The highest BCUT2D eigenvalue weighted by Crippen LogP contribution is 2.30. The van der Waals surface area contributed by atoms with Gasteiger partial charge in [-0.1, -0.05) is 60.6 Å². The smallest absolute Gasteiger partial charge is 0.311 e. The molecule has 1 atom stereocenters. The molecule has 0 aromatic heterocycles. The molecule has 0 spiro atoms. The third kappa shape index (κ3) is 3.94. The Kier molecular flexibility index (Phi) is 5.44. The average Bonchev–Trinajstić information content (AvgIpc) is 3.20. The van der Waals surface area contributed by atoms with Gasteiger partial charge in [-0.05, 0) is 28.7 Å². The lowest BCUT2D eigenvalue weighted by Gasteiger charge is -2.37.